The highest BCUT2D eigenvalue weighted by molar-refractivity contribution is 6.21. The molecular formula is C25H18N2O5. The molecule has 0 radical (unpaired) electrons. The van der Waals surface area contributed by atoms with Gasteiger partial charge in [-0.1, -0.05) is 36.4 Å². The number of nitrogens with one attached hydrogen (secondary N) is 1. The molecule has 5 rings (SSSR count). The molecule has 0 unspecified atom stereocenters. The van der Waals surface area contributed by atoms with Crippen LogP contribution in [-0.4, -0.2) is 29.7 Å². The van der Waals surface area contributed by atoms with Gasteiger partial charge in [0.05, 0.1) is 11.1 Å². The van der Waals surface area contributed by atoms with Gasteiger partial charge in [-0.25, -0.2) is 0 Å². The number of hydrogen-bond acceptors (Lipinski definition) is 5. The van der Waals surface area contributed by atoms with Crippen molar-refractivity contribution in [3.05, 3.63) is 95.2 Å². The van der Waals surface area contributed by atoms with Gasteiger partial charge in [0.1, 0.15) is 17.9 Å². The van der Waals surface area contributed by atoms with E-state index in [-0.39, 0.29) is 23.8 Å². The molecule has 1 aliphatic rings. The highest BCUT2D eigenvalue weighted by Gasteiger charge is 2.33. The highest BCUT2D eigenvalue weighted by Crippen LogP contribution is 2.29. The van der Waals surface area contributed by atoms with Crippen LogP contribution in [0.25, 0.3) is 11.0 Å². The highest BCUT2D eigenvalue weighted by atomic mass is 16.5. The fourth-order valence-corrected chi connectivity index (χ4v) is 3.72. The van der Waals surface area contributed by atoms with Crippen LogP contribution in [0.15, 0.2) is 77.2 Å². The number of amides is 3. The van der Waals surface area contributed by atoms with Crippen LogP contribution < -0.4 is 10.1 Å². The zero-order valence-corrected chi connectivity index (χ0v) is 17.1. The van der Waals surface area contributed by atoms with E-state index in [9.17, 15) is 14.4 Å². The quantitative estimate of drug-likeness (QED) is 0.475. The maximum atomic E-state index is 13.1. The van der Waals surface area contributed by atoms with E-state index in [1.165, 1.54) is 19.2 Å². The smallest absolute Gasteiger partial charge is 0.291 e. The Kier molecular flexibility index (Phi) is 4.71. The van der Waals surface area contributed by atoms with Crippen molar-refractivity contribution in [2.45, 2.75) is 6.61 Å². The SMILES string of the molecule is CN1C(=O)c2ccc(NC(=O)c3oc4ccccc4c3COc3ccccc3)cc2C1=O. The van der Waals surface area contributed by atoms with E-state index in [0.29, 0.717) is 28.1 Å². The standard InChI is InChI=1S/C25H18N2O5/c1-27-24(29)18-12-11-15(13-19(18)25(27)30)26-23(28)22-20(14-31-16-7-3-2-4-8-16)17-9-5-6-10-21(17)32-22/h2-13H,14H2,1H3,(H,26,28). The van der Waals surface area contributed by atoms with E-state index in [1.54, 1.807) is 12.1 Å². The number of fused-ring (bicyclic) bond motifs is 2. The monoisotopic (exact) mass is 426 g/mol. The third-order valence-corrected chi connectivity index (χ3v) is 5.38. The molecule has 0 saturated carbocycles. The van der Waals surface area contributed by atoms with E-state index in [2.05, 4.69) is 5.32 Å². The lowest BCUT2D eigenvalue weighted by Crippen LogP contribution is -2.24. The molecule has 2 heterocycles. The first-order valence-corrected chi connectivity index (χ1v) is 9.99. The Bertz CT molecular complexity index is 1370. The third kappa shape index (κ3) is 3.30. The van der Waals surface area contributed by atoms with Gasteiger partial charge in [0.25, 0.3) is 17.7 Å². The summed E-state index contributed by atoms with van der Waals surface area (Å²) in [5.74, 6) is -0.433. The molecule has 0 atom stereocenters. The summed E-state index contributed by atoms with van der Waals surface area (Å²) >= 11 is 0. The topological polar surface area (TPSA) is 88.8 Å². The minimum Gasteiger partial charge on any atom is -0.489 e. The first-order valence-electron chi connectivity index (χ1n) is 9.99. The molecule has 7 heteroatoms. The lowest BCUT2D eigenvalue weighted by molar-refractivity contribution is 0.0692. The van der Waals surface area contributed by atoms with Crippen molar-refractivity contribution < 1.29 is 23.5 Å². The van der Waals surface area contributed by atoms with Crippen LogP contribution in [0.2, 0.25) is 0 Å². The number of carbonyl (C=O) groups is 3. The number of rotatable bonds is 5. The molecule has 0 aliphatic carbocycles. The number of carbonyl (C=O) groups excluding carboxylic acids is 3. The van der Waals surface area contributed by atoms with Crippen LogP contribution >= 0.6 is 0 Å². The van der Waals surface area contributed by atoms with Crippen molar-refractivity contribution >= 4 is 34.4 Å². The number of nitrogens with zero attached hydrogens (tertiary/aromatic N) is 1. The van der Waals surface area contributed by atoms with Gasteiger partial charge in [-0.3, -0.25) is 19.3 Å². The summed E-state index contributed by atoms with van der Waals surface area (Å²) in [5.41, 5.74) is 2.15. The minimum absolute atomic E-state index is 0.127. The lowest BCUT2D eigenvalue weighted by Gasteiger charge is -2.08. The lowest BCUT2D eigenvalue weighted by atomic mass is 10.1. The van der Waals surface area contributed by atoms with Gasteiger partial charge in [0.15, 0.2) is 5.76 Å². The molecule has 1 aliphatic heterocycles. The summed E-state index contributed by atoms with van der Waals surface area (Å²) in [6.45, 7) is 0.145. The summed E-state index contributed by atoms with van der Waals surface area (Å²) < 4.78 is 11.7. The summed E-state index contributed by atoms with van der Waals surface area (Å²) in [5, 5.41) is 3.55. The number of furan rings is 1. The first kappa shape index (κ1) is 19.6. The number of para-hydroxylation sites is 2. The zero-order chi connectivity index (χ0) is 22.2. The molecular weight excluding hydrogens is 408 g/mol. The van der Waals surface area contributed by atoms with Gasteiger partial charge in [-0.2, -0.15) is 0 Å². The number of anilines is 1. The predicted octanol–water partition coefficient (Wildman–Crippen LogP) is 4.49. The molecule has 3 aromatic carbocycles. The van der Waals surface area contributed by atoms with Crippen molar-refractivity contribution in [2.24, 2.45) is 0 Å². The van der Waals surface area contributed by atoms with Crippen LogP contribution in [-0.2, 0) is 6.61 Å². The van der Waals surface area contributed by atoms with Gasteiger partial charge >= 0.3 is 0 Å². The largest absolute Gasteiger partial charge is 0.489 e. The van der Waals surface area contributed by atoms with E-state index in [0.717, 1.165) is 10.3 Å². The molecule has 0 bridgehead atoms. The Morgan fingerprint density at radius 1 is 0.938 bits per heavy atom. The number of hydrogen-bond donors (Lipinski definition) is 1. The first-order chi connectivity index (χ1) is 15.5. The minimum atomic E-state index is -0.474. The summed E-state index contributed by atoms with van der Waals surface area (Å²) in [6.07, 6.45) is 0. The number of imide groups is 1. The van der Waals surface area contributed by atoms with Crippen LogP contribution in [0, 0.1) is 0 Å². The second-order valence-electron chi connectivity index (χ2n) is 7.39. The summed E-state index contributed by atoms with van der Waals surface area (Å²) in [6, 6.07) is 21.3. The Morgan fingerprint density at radius 2 is 1.66 bits per heavy atom. The molecule has 0 saturated heterocycles. The fourth-order valence-electron chi connectivity index (χ4n) is 3.72. The molecule has 3 amide bonds. The molecule has 7 nitrogen and oxygen atoms in total. The van der Waals surface area contributed by atoms with Gasteiger partial charge in [-0.05, 0) is 36.4 Å². The van der Waals surface area contributed by atoms with Crippen molar-refractivity contribution in [1.29, 1.82) is 0 Å². The van der Waals surface area contributed by atoms with Crippen LogP contribution in [0.1, 0.15) is 36.8 Å². The van der Waals surface area contributed by atoms with Crippen molar-refractivity contribution in [3.63, 3.8) is 0 Å². The molecule has 158 valence electrons. The molecule has 0 spiro atoms. The van der Waals surface area contributed by atoms with E-state index < -0.39 is 11.8 Å². The third-order valence-electron chi connectivity index (χ3n) is 5.38. The molecule has 1 N–H and O–H groups in total. The predicted molar refractivity (Wildman–Crippen MR) is 118 cm³/mol. The average Bonchev–Trinajstić information content (AvgIpc) is 3.29. The van der Waals surface area contributed by atoms with Crippen LogP contribution in [0.5, 0.6) is 5.75 Å². The van der Waals surface area contributed by atoms with Crippen molar-refractivity contribution in [3.8, 4) is 5.75 Å². The van der Waals surface area contributed by atoms with Crippen molar-refractivity contribution in [1.82, 2.24) is 4.90 Å². The van der Waals surface area contributed by atoms with Gasteiger partial charge in [0.2, 0.25) is 0 Å². The normalized spacial score (nSPS) is 12.8. The maximum Gasteiger partial charge on any atom is 0.291 e. The van der Waals surface area contributed by atoms with E-state index in [1.807, 2.05) is 48.5 Å². The Hall–Kier alpha value is -4.39. The maximum absolute atomic E-state index is 13.1. The van der Waals surface area contributed by atoms with Crippen LogP contribution in [0.3, 0.4) is 0 Å². The second kappa shape index (κ2) is 7.70. The van der Waals surface area contributed by atoms with Gasteiger partial charge in [-0.15, -0.1) is 0 Å². The number of ether oxygens (including phenoxy) is 1. The van der Waals surface area contributed by atoms with Crippen molar-refractivity contribution in [2.75, 3.05) is 12.4 Å². The van der Waals surface area contributed by atoms with Crippen LogP contribution in [0.4, 0.5) is 5.69 Å². The zero-order valence-electron chi connectivity index (χ0n) is 17.1. The Labute approximate surface area is 183 Å². The molecule has 1 aromatic heterocycles. The average molecular weight is 426 g/mol. The Morgan fingerprint density at radius 3 is 2.47 bits per heavy atom. The molecule has 4 aromatic rings. The second-order valence-corrected chi connectivity index (χ2v) is 7.39. The Balaban J connectivity index is 1.45. The molecule has 0 fully saturated rings. The van der Waals surface area contributed by atoms with Gasteiger partial charge < -0.3 is 14.5 Å². The van der Waals surface area contributed by atoms with E-state index in [4.69, 9.17) is 9.15 Å². The summed E-state index contributed by atoms with van der Waals surface area (Å²) in [4.78, 5) is 38.5. The van der Waals surface area contributed by atoms with E-state index >= 15 is 0 Å². The summed E-state index contributed by atoms with van der Waals surface area (Å²) in [7, 11) is 1.43. The number of benzene rings is 3. The fraction of sp³-hybridized carbons (Fsp3) is 0.0800. The molecule has 32 heavy (non-hydrogen) atoms. The van der Waals surface area contributed by atoms with Gasteiger partial charge in [0, 0.05) is 23.7 Å².